The van der Waals surface area contributed by atoms with Crippen molar-refractivity contribution in [3.63, 3.8) is 0 Å². The SMILES string of the molecule is COCCCN1CC(CBr)OCC1C. The molecule has 1 aliphatic rings. The summed E-state index contributed by atoms with van der Waals surface area (Å²) in [6, 6.07) is 0.544. The van der Waals surface area contributed by atoms with Crippen LogP contribution in [0.25, 0.3) is 0 Å². The summed E-state index contributed by atoms with van der Waals surface area (Å²) in [5, 5.41) is 0.931. The van der Waals surface area contributed by atoms with Crippen LogP contribution >= 0.6 is 15.9 Å². The minimum Gasteiger partial charge on any atom is -0.385 e. The van der Waals surface area contributed by atoms with E-state index in [1.54, 1.807) is 7.11 Å². The van der Waals surface area contributed by atoms with Crippen molar-refractivity contribution >= 4 is 15.9 Å². The summed E-state index contributed by atoms with van der Waals surface area (Å²) in [5.74, 6) is 0. The molecule has 0 N–H and O–H groups in total. The Bertz CT molecular complexity index is 157. The molecule has 0 aromatic heterocycles. The molecule has 14 heavy (non-hydrogen) atoms. The first kappa shape index (κ1) is 12.4. The average Bonchev–Trinajstić information content (AvgIpc) is 2.21. The predicted octanol–water partition coefficient (Wildman–Crippen LogP) is 1.51. The molecule has 1 rings (SSSR count). The van der Waals surface area contributed by atoms with Crippen LogP contribution in [0.15, 0.2) is 0 Å². The summed E-state index contributed by atoms with van der Waals surface area (Å²) in [6.45, 7) is 6.07. The van der Waals surface area contributed by atoms with Crippen molar-refractivity contribution < 1.29 is 9.47 Å². The van der Waals surface area contributed by atoms with Crippen LogP contribution in [0, 0.1) is 0 Å². The number of hydrogen-bond acceptors (Lipinski definition) is 3. The molecule has 0 aromatic carbocycles. The zero-order chi connectivity index (χ0) is 10.4. The number of nitrogens with zero attached hydrogens (tertiary/aromatic N) is 1. The number of halogens is 1. The lowest BCUT2D eigenvalue weighted by molar-refractivity contribution is -0.0482. The highest BCUT2D eigenvalue weighted by Crippen LogP contribution is 2.13. The van der Waals surface area contributed by atoms with E-state index < -0.39 is 0 Å². The fraction of sp³-hybridized carbons (Fsp3) is 1.00. The monoisotopic (exact) mass is 265 g/mol. The lowest BCUT2D eigenvalue weighted by atomic mass is 10.2. The molecule has 3 nitrogen and oxygen atoms in total. The fourth-order valence-corrected chi connectivity index (χ4v) is 2.08. The van der Waals surface area contributed by atoms with Crippen LogP contribution in [-0.2, 0) is 9.47 Å². The molecule has 1 saturated heterocycles. The second-order valence-electron chi connectivity index (χ2n) is 3.80. The topological polar surface area (TPSA) is 21.7 Å². The Morgan fingerprint density at radius 1 is 1.57 bits per heavy atom. The Morgan fingerprint density at radius 2 is 2.36 bits per heavy atom. The number of methoxy groups -OCH3 is 1. The highest BCUT2D eigenvalue weighted by atomic mass is 79.9. The van der Waals surface area contributed by atoms with Crippen LogP contribution in [-0.4, -0.2) is 55.8 Å². The third-order valence-corrected chi connectivity index (χ3v) is 3.32. The molecular formula is C10H20BrNO2. The van der Waals surface area contributed by atoms with E-state index in [4.69, 9.17) is 9.47 Å². The van der Waals surface area contributed by atoms with E-state index in [9.17, 15) is 0 Å². The van der Waals surface area contributed by atoms with Gasteiger partial charge >= 0.3 is 0 Å². The Hall–Kier alpha value is 0.360. The molecule has 1 aliphatic heterocycles. The number of hydrogen-bond donors (Lipinski definition) is 0. The number of rotatable bonds is 5. The first-order chi connectivity index (χ1) is 6.77. The molecule has 0 saturated carbocycles. The van der Waals surface area contributed by atoms with Crippen LogP contribution < -0.4 is 0 Å². The van der Waals surface area contributed by atoms with Gasteiger partial charge in [-0.25, -0.2) is 0 Å². The van der Waals surface area contributed by atoms with Crippen molar-refractivity contribution in [2.75, 3.05) is 38.7 Å². The number of morpholine rings is 1. The third-order valence-electron chi connectivity index (χ3n) is 2.60. The van der Waals surface area contributed by atoms with Gasteiger partial charge in [0, 0.05) is 38.2 Å². The summed E-state index contributed by atoms with van der Waals surface area (Å²) < 4.78 is 10.7. The summed E-state index contributed by atoms with van der Waals surface area (Å²) >= 11 is 3.46. The third kappa shape index (κ3) is 3.85. The Morgan fingerprint density at radius 3 is 3.00 bits per heavy atom. The first-order valence-electron chi connectivity index (χ1n) is 5.18. The van der Waals surface area contributed by atoms with Crippen molar-refractivity contribution in [3.05, 3.63) is 0 Å². The van der Waals surface area contributed by atoms with E-state index in [-0.39, 0.29) is 0 Å². The minimum absolute atomic E-state index is 0.355. The van der Waals surface area contributed by atoms with Gasteiger partial charge in [-0.2, -0.15) is 0 Å². The second-order valence-corrected chi connectivity index (χ2v) is 4.45. The van der Waals surface area contributed by atoms with Gasteiger partial charge < -0.3 is 9.47 Å². The van der Waals surface area contributed by atoms with E-state index in [2.05, 4.69) is 27.8 Å². The summed E-state index contributed by atoms with van der Waals surface area (Å²) in [4.78, 5) is 2.48. The maximum absolute atomic E-state index is 5.66. The Kier molecular flexibility index (Phi) is 6.01. The standard InChI is InChI=1S/C10H20BrNO2/c1-9-8-14-10(6-11)7-12(9)4-3-5-13-2/h9-10H,3-8H2,1-2H3. The molecule has 4 heteroatoms. The lowest BCUT2D eigenvalue weighted by Gasteiger charge is -2.37. The fourth-order valence-electron chi connectivity index (χ4n) is 1.69. The molecule has 84 valence electrons. The molecule has 0 aromatic rings. The average molecular weight is 266 g/mol. The van der Waals surface area contributed by atoms with Crippen molar-refractivity contribution in [2.45, 2.75) is 25.5 Å². The minimum atomic E-state index is 0.355. The van der Waals surface area contributed by atoms with Crippen LogP contribution in [0.4, 0.5) is 0 Å². The number of ether oxygens (including phenoxy) is 2. The summed E-state index contributed by atoms with van der Waals surface area (Å²) in [6.07, 6.45) is 1.46. The highest BCUT2D eigenvalue weighted by molar-refractivity contribution is 9.09. The van der Waals surface area contributed by atoms with Gasteiger partial charge in [0.15, 0.2) is 0 Å². The normalized spacial score (nSPS) is 29.4. The van der Waals surface area contributed by atoms with Gasteiger partial charge in [-0.3, -0.25) is 4.90 Å². The maximum Gasteiger partial charge on any atom is 0.0799 e. The van der Waals surface area contributed by atoms with Crippen LogP contribution in [0.3, 0.4) is 0 Å². The second kappa shape index (κ2) is 6.77. The van der Waals surface area contributed by atoms with Crippen LogP contribution in [0.2, 0.25) is 0 Å². The van der Waals surface area contributed by atoms with Gasteiger partial charge in [0.2, 0.25) is 0 Å². The zero-order valence-electron chi connectivity index (χ0n) is 9.04. The lowest BCUT2D eigenvalue weighted by Crippen LogP contribution is -2.49. The smallest absolute Gasteiger partial charge is 0.0799 e. The molecular weight excluding hydrogens is 246 g/mol. The Balaban J connectivity index is 2.25. The Labute approximate surface area is 94.9 Å². The molecule has 0 amide bonds. The molecule has 0 spiro atoms. The molecule has 2 unspecified atom stereocenters. The van der Waals surface area contributed by atoms with Crippen molar-refractivity contribution in [1.29, 1.82) is 0 Å². The van der Waals surface area contributed by atoms with Crippen molar-refractivity contribution in [3.8, 4) is 0 Å². The molecule has 0 bridgehead atoms. The first-order valence-corrected chi connectivity index (χ1v) is 6.30. The van der Waals surface area contributed by atoms with Crippen molar-refractivity contribution in [2.24, 2.45) is 0 Å². The molecule has 2 atom stereocenters. The van der Waals surface area contributed by atoms with Gasteiger partial charge in [-0.1, -0.05) is 15.9 Å². The predicted molar refractivity (Wildman–Crippen MR) is 61.1 cm³/mol. The van der Waals surface area contributed by atoms with E-state index in [1.165, 1.54) is 0 Å². The number of alkyl halides is 1. The van der Waals surface area contributed by atoms with E-state index in [1.807, 2.05) is 0 Å². The van der Waals surface area contributed by atoms with E-state index >= 15 is 0 Å². The highest BCUT2D eigenvalue weighted by Gasteiger charge is 2.24. The summed E-state index contributed by atoms with van der Waals surface area (Å²) in [7, 11) is 1.75. The van der Waals surface area contributed by atoms with E-state index in [0.717, 1.165) is 38.1 Å². The molecule has 0 radical (unpaired) electrons. The molecule has 0 aliphatic carbocycles. The quantitative estimate of drug-likeness (QED) is 0.556. The largest absolute Gasteiger partial charge is 0.385 e. The van der Waals surface area contributed by atoms with Gasteiger partial charge in [-0.05, 0) is 13.3 Å². The van der Waals surface area contributed by atoms with Crippen molar-refractivity contribution in [1.82, 2.24) is 4.90 Å². The zero-order valence-corrected chi connectivity index (χ0v) is 10.6. The van der Waals surface area contributed by atoms with Gasteiger partial charge in [0.1, 0.15) is 0 Å². The van der Waals surface area contributed by atoms with Crippen LogP contribution in [0.5, 0.6) is 0 Å². The summed E-state index contributed by atoms with van der Waals surface area (Å²) in [5.41, 5.74) is 0. The van der Waals surface area contributed by atoms with Gasteiger partial charge in [0.05, 0.1) is 12.7 Å². The van der Waals surface area contributed by atoms with E-state index in [0.29, 0.717) is 12.1 Å². The van der Waals surface area contributed by atoms with Gasteiger partial charge in [0.25, 0.3) is 0 Å². The van der Waals surface area contributed by atoms with Gasteiger partial charge in [-0.15, -0.1) is 0 Å². The van der Waals surface area contributed by atoms with Crippen LogP contribution in [0.1, 0.15) is 13.3 Å². The molecule has 1 heterocycles. The molecule has 1 fully saturated rings. The maximum atomic E-state index is 5.66.